The SMILES string of the molecule is CC(CCc1ccccc1)NC1=NCC(CC(C)(C)C)S1. The van der Waals surface area contributed by atoms with Crippen LogP contribution in [-0.4, -0.2) is 23.0 Å². The van der Waals surface area contributed by atoms with E-state index >= 15 is 0 Å². The molecule has 0 spiro atoms. The molecule has 2 nitrogen and oxygen atoms in total. The van der Waals surface area contributed by atoms with E-state index in [0.29, 0.717) is 16.7 Å². The van der Waals surface area contributed by atoms with Gasteiger partial charge in [0.05, 0.1) is 6.54 Å². The van der Waals surface area contributed by atoms with Crippen molar-refractivity contribution in [2.24, 2.45) is 10.4 Å². The van der Waals surface area contributed by atoms with E-state index in [1.807, 2.05) is 11.8 Å². The molecule has 0 saturated heterocycles. The van der Waals surface area contributed by atoms with E-state index in [4.69, 9.17) is 0 Å². The number of rotatable bonds is 5. The summed E-state index contributed by atoms with van der Waals surface area (Å²) in [5.41, 5.74) is 1.81. The number of hydrogen-bond acceptors (Lipinski definition) is 3. The number of nitrogens with one attached hydrogen (secondary N) is 1. The van der Waals surface area contributed by atoms with Crippen LogP contribution in [0.25, 0.3) is 0 Å². The van der Waals surface area contributed by atoms with Gasteiger partial charge in [0.1, 0.15) is 0 Å². The van der Waals surface area contributed by atoms with Crippen molar-refractivity contribution in [2.45, 2.75) is 58.2 Å². The van der Waals surface area contributed by atoms with Gasteiger partial charge in [0.15, 0.2) is 5.17 Å². The van der Waals surface area contributed by atoms with Crippen LogP contribution in [0.2, 0.25) is 0 Å². The molecule has 1 aliphatic heterocycles. The highest BCUT2D eigenvalue weighted by Crippen LogP contribution is 2.31. The summed E-state index contributed by atoms with van der Waals surface area (Å²) in [7, 11) is 0. The van der Waals surface area contributed by atoms with Gasteiger partial charge in [-0.2, -0.15) is 0 Å². The Kier molecular flexibility index (Phi) is 5.74. The number of hydrogen-bond donors (Lipinski definition) is 1. The Morgan fingerprint density at radius 1 is 1.29 bits per heavy atom. The monoisotopic (exact) mass is 304 g/mol. The molecule has 0 fully saturated rings. The van der Waals surface area contributed by atoms with E-state index in [1.165, 1.54) is 12.0 Å². The lowest BCUT2D eigenvalue weighted by atomic mass is 9.90. The molecule has 0 amide bonds. The summed E-state index contributed by atoms with van der Waals surface area (Å²) < 4.78 is 0. The van der Waals surface area contributed by atoms with Crippen molar-refractivity contribution < 1.29 is 0 Å². The molecule has 1 aromatic carbocycles. The van der Waals surface area contributed by atoms with E-state index in [2.05, 4.69) is 68.3 Å². The Hall–Kier alpha value is -0.960. The van der Waals surface area contributed by atoms with Crippen molar-refractivity contribution in [3.05, 3.63) is 35.9 Å². The number of benzene rings is 1. The lowest BCUT2D eigenvalue weighted by Gasteiger charge is -2.22. The largest absolute Gasteiger partial charge is 0.362 e. The molecule has 0 radical (unpaired) electrons. The summed E-state index contributed by atoms with van der Waals surface area (Å²) in [6, 6.07) is 11.2. The van der Waals surface area contributed by atoms with Gasteiger partial charge in [-0.05, 0) is 37.2 Å². The lowest BCUT2D eigenvalue weighted by Crippen LogP contribution is -2.30. The second-order valence-corrected chi connectivity index (χ2v) is 8.51. The van der Waals surface area contributed by atoms with Crippen molar-refractivity contribution in [3.8, 4) is 0 Å². The van der Waals surface area contributed by atoms with Crippen LogP contribution in [0.1, 0.15) is 46.1 Å². The molecule has 3 heteroatoms. The minimum atomic E-state index is 0.390. The Morgan fingerprint density at radius 3 is 2.67 bits per heavy atom. The van der Waals surface area contributed by atoms with Crippen molar-refractivity contribution >= 4 is 16.9 Å². The Morgan fingerprint density at radius 2 is 2.00 bits per heavy atom. The summed E-state index contributed by atoms with van der Waals surface area (Å²) >= 11 is 1.93. The summed E-state index contributed by atoms with van der Waals surface area (Å²) in [6.07, 6.45) is 3.50. The predicted octanol–water partition coefficient (Wildman–Crippen LogP) is 4.50. The van der Waals surface area contributed by atoms with Crippen LogP contribution in [0, 0.1) is 5.41 Å². The molecule has 1 aromatic rings. The van der Waals surface area contributed by atoms with Gasteiger partial charge in [-0.1, -0.05) is 62.9 Å². The average Bonchev–Trinajstić information content (AvgIpc) is 2.82. The third kappa shape index (κ3) is 6.13. The third-order valence-corrected chi connectivity index (χ3v) is 4.75. The van der Waals surface area contributed by atoms with Crippen LogP contribution >= 0.6 is 11.8 Å². The molecular weight excluding hydrogens is 276 g/mol. The standard InChI is InChI=1S/C18H28N2S/c1-14(10-11-15-8-6-5-7-9-15)20-17-19-13-16(21-17)12-18(2,3)4/h5-9,14,16H,10-13H2,1-4H3,(H,19,20). The molecule has 0 aliphatic carbocycles. The Balaban J connectivity index is 1.70. The van der Waals surface area contributed by atoms with Crippen molar-refractivity contribution in [1.29, 1.82) is 0 Å². The van der Waals surface area contributed by atoms with Crippen LogP contribution in [0.5, 0.6) is 0 Å². The second kappa shape index (κ2) is 7.35. The first-order valence-corrected chi connectivity index (χ1v) is 8.82. The maximum atomic E-state index is 4.66. The van der Waals surface area contributed by atoms with E-state index in [9.17, 15) is 0 Å². The average molecular weight is 305 g/mol. The fourth-order valence-electron chi connectivity index (χ4n) is 2.60. The lowest BCUT2D eigenvalue weighted by molar-refractivity contribution is 0.375. The van der Waals surface area contributed by atoms with E-state index in [-0.39, 0.29) is 0 Å². The van der Waals surface area contributed by atoms with Gasteiger partial charge in [0.25, 0.3) is 0 Å². The van der Waals surface area contributed by atoms with Gasteiger partial charge < -0.3 is 5.32 Å². The zero-order valence-corrected chi connectivity index (χ0v) is 14.5. The first kappa shape index (κ1) is 16.4. The summed E-state index contributed by atoms with van der Waals surface area (Å²) in [6.45, 7) is 10.1. The molecule has 0 aromatic heterocycles. The Labute approximate surface area is 133 Å². The van der Waals surface area contributed by atoms with Gasteiger partial charge in [-0.25, -0.2) is 0 Å². The molecule has 21 heavy (non-hydrogen) atoms. The molecule has 0 bridgehead atoms. The molecule has 116 valence electrons. The van der Waals surface area contributed by atoms with Crippen molar-refractivity contribution in [3.63, 3.8) is 0 Å². The second-order valence-electron chi connectivity index (χ2n) is 7.22. The van der Waals surface area contributed by atoms with Crippen LogP contribution < -0.4 is 5.32 Å². The quantitative estimate of drug-likeness (QED) is 0.866. The van der Waals surface area contributed by atoms with Crippen molar-refractivity contribution in [2.75, 3.05) is 6.54 Å². The van der Waals surface area contributed by atoms with Crippen LogP contribution in [-0.2, 0) is 6.42 Å². The summed E-state index contributed by atoms with van der Waals surface area (Å²) in [5, 5.41) is 5.37. The predicted molar refractivity (Wildman–Crippen MR) is 95.1 cm³/mol. The normalized spacial score (nSPS) is 20.2. The molecular formula is C18H28N2S. The number of thioether (sulfide) groups is 1. The van der Waals surface area contributed by atoms with Gasteiger partial charge in [-0.15, -0.1) is 0 Å². The molecule has 1 heterocycles. The highest BCUT2D eigenvalue weighted by Gasteiger charge is 2.25. The summed E-state index contributed by atoms with van der Waals surface area (Å²) in [4.78, 5) is 4.66. The molecule has 2 rings (SSSR count). The number of aliphatic imine (C=N–C) groups is 1. The number of nitrogens with zero attached hydrogens (tertiary/aromatic N) is 1. The minimum Gasteiger partial charge on any atom is -0.362 e. The minimum absolute atomic E-state index is 0.390. The van der Waals surface area contributed by atoms with Crippen LogP contribution in [0.15, 0.2) is 35.3 Å². The molecule has 1 N–H and O–H groups in total. The van der Waals surface area contributed by atoms with Gasteiger partial charge in [0.2, 0.25) is 0 Å². The number of amidine groups is 1. The fourth-order valence-corrected chi connectivity index (χ4v) is 4.06. The molecule has 1 aliphatic rings. The van der Waals surface area contributed by atoms with Crippen LogP contribution in [0.4, 0.5) is 0 Å². The highest BCUT2D eigenvalue weighted by atomic mass is 32.2. The number of aryl methyl sites for hydroxylation is 1. The molecule has 2 atom stereocenters. The summed E-state index contributed by atoms with van der Waals surface area (Å²) in [5.74, 6) is 0. The maximum absolute atomic E-state index is 4.66. The van der Waals surface area contributed by atoms with E-state index < -0.39 is 0 Å². The van der Waals surface area contributed by atoms with Crippen molar-refractivity contribution in [1.82, 2.24) is 5.32 Å². The zero-order chi connectivity index (χ0) is 15.3. The van der Waals surface area contributed by atoms with E-state index in [1.54, 1.807) is 0 Å². The first-order valence-electron chi connectivity index (χ1n) is 7.94. The molecule has 2 unspecified atom stereocenters. The van der Waals surface area contributed by atoms with Gasteiger partial charge in [-0.3, -0.25) is 4.99 Å². The zero-order valence-electron chi connectivity index (χ0n) is 13.7. The topological polar surface area (TPSA) is 24.4 Å². The third-order valence-electron chi connectivity index (χ3n) is 3.64. The maximum Gasteiger partial charge on any atom is 0.157 e. The fraction of sp³-hybridized carbons (Fsp3) is 0.611. The first-order chi connectivity index (χ1) is 9.92. The van der Waals surface area contributed by atoms with Gasteiger partial charge in [0, 0.05) is 11.3 Å². The van der Waals surface area contributed by atoms with Crippen LogP contribution in [0.3, 0.4) is 0 Å². The van der Waals surface area contributed by atoms with Gasteiger partial charge >= 0.3 is 0 Å². The van der Waals surface area contributed by atoms with E-state index in [0.717, 1.165) is 24.6 Å². The smallest absolute Gasteiger partial charge is 0.157 e. The molecule has 0 saturated carbocycles. The highest BCUT2D eigenvalue weighted by molar-refractivity contribution is 8.14. The Bertz CT molecular complexity index is 462.